The molecule has 0 aliphatic carbocycles. The number of para-hydroxylation sites is 1. The lowest BCUT2D eigenvalue weighted by atomic mass is 10.1. The molecule has 0 saturated carbocycles. The number of carbonyl (C=O) groups excluding carboxylic acids is 1. The number of rotatable bonds is 4. The van der Waals surface area contributed by atoms with Gasteiger partial charge in [0.05, 0.1) is 27.7 Å². The summed E-state index contributed by atoms with van der Waals surface area (Å²) in [5, 5.41) is 18.6. The van der Waals surface area contributed by atoms with E-state index in [4.69, 9.17) is 11.6 Å². The van der Waals surface area contributed by atoms with Gasteiger partial charge in [0, 0.05) is 11.1 Å². The summed E-state index contributed by atoms with van der Waals surface area (Å²) in [5.41, 5.74) is 2.29. The van der Waals surface area contributed by atoms with Crippen molar-refractivity contribution in [1.29, 1.82) is 0 Å². The lowest BCUT2D eigenvalue weighted by Crippen LogP contribution is -2.15. The molecule has 1 aromatic heterocycles. The lowest BCUT2D eigenvalue weighted by molar-refractivity contribution is -0.385. The highest BCUT2D eigenvalue weighted by atomic mass is 35.5. The molecular weight excluding hydrogens is 356 g/mol. The molecule has 0 aliphatic rings. The van der Waals surface area contributed by atoms with E-state index >= 15 is 0 Å². The van der Waals surface area contributed by atoms with E-state index in [0.717, 1.165) is 17.4 Å². The van der Waals surface area contributed by atoms with Crippen LogP contribution in [-0.2, 0) is 0 Å². The number of halogens is 1. The zero-order valence-corrected chi connectivity index (χ0v) is 14.8. The molecule has 0 saturated heterocycles. The zero-order chi connectivity index (χ0) is 18.8. The Labute approximate surface area is 154 Å². The minimum Gasteiger partial charge on any atom is -0.319 e. The molecule has 132 valence electrons. The summed E-state index contributed by atoms with van der Waals surface area (Å²) in [6, 6.07) is 13.4. The number of benzene rings is 2. The summed E-state index contributed by atoms with van der Waals surface area (Å²) in [6.45, 7) is 3.58. The summed E-state index contributed by atoms with van der Waals surface area (Å²) in [6.07, 6.45) is 0. The molecule has 3 rings (SSSR count). The molecular formula is C18H15ClN4O3. The van der Waals surface area contributed by atoms with Crippen molar-refractivity contribution in [1.82, 2.24) is 9.78 Å². The maximum absolute atomic E-state index is 12.6. The monoisotopic (exact) mass is 370 g/mol. The second-order valence-electron chi connectivity index (χ2n) is 5.67. The van der Waals surface area contributed by atoms with Crippen molar-refractivity contribution < 1.29 is 9.72 Å². The molecule has 3 aromatic rings. The Morgan fingerprint density at radius 3 is 2.54 bits per heavy atom. The predicted octanol–water partition coefficient (Wildman–Crippen LogP) is 4.30. The molecule has 0 spiro atoms. The molecule has 1 amide bonds. The Bertz CT molecular complexity index is 999. The van der Waals surface area contributed by atoms with E-state index in [-0.39, 0.29) is 16.3 Å². The Morgan fingerprint density at radius 2 is 1.88 bits per heavy atom. The van der Waals surface area contributed by atoms with Crippen LogP contribution >= 0.6 is 11.6 Å². The average molecular weight is 371 g/mol. The first-order valence-corrected chi connectivity index (χ1v) is 8.13. The second-order valence-corrected chi connectivity index (χ2v) is 6.10. The van der Waals surface area contributed by atoms with Crippen LogP contribution in [0.4, 0.5) is 11.4 Å². The van der Waals surface area contributed by atoms with Crippen LogP contribution in [0.25, 0.3) is 5.69 Å². The summed E-state index contributed by atoms with van der Waals surface area (Å²) in [4.78, 5) is 23.2. The number of hydrogen-bond donors (Lipinski definition) is 1. The Kier molecular flexibility index (Phi) is 4.73. The molecule has 0 atom stereocenters. The third-order valence-electron chi connectivity index (χ3n) is 3.93. The van der Waals surface area contributed by atoms with Gasteiger partial charge in [-0.3, -0.25) is 14.9 Å². The quantitative estimate of drug-likeness (QED) is 0.547. The van der Waals surface area contributed by atoms with Crippen LogP contribution in [0.5, 0.6) is 0 Å². The molecule has 0 fully saturated rings. The number of nitro groups is 1. The average Bonchev–Trinajstić information content (AvgIpc) is 2.90. The zero-order valence-electron chi connectivity index (χ0n) is 14.1. The van der Waals surface area contributed by atoms with Gasteiger partial charge in [-0.15, -0.1) is 0 Å². The largest absolute Gasteiger partial charge is 0.319 e. The van der Waals surface area contributed by atoms with Crippen LogP contribution in [0.3, 0.4) is 0 Å². The van der Waals surface area contributed by atoms with Crippen LogP contribution in [0.15, 0.2) is 48.5 Å². The number of carbonyl (C=O) groups is 1. The molecule has 26 heavy (non-hydrogen) atoms. The summed E-state index contributed by atoms with van der Waals surface area (Å²) in [7, 11) is 0. The normalized spacial score (nSPS) is 10.6. The fourth-order valence-electron chi connectivity index (χ4n) is 2.67. The van der Waals surface area contributed by atoms with Gasteiger partial charge in [-0.25, -0.2) is 4.68 Å². The van der Waals surface area contributed by atoms with Crippen molar-refractivity contribution in [3.05, 3.63) is 80.6 Å². The fourth-order valence-corrected chi connectivity index (χ4v) is 2.84. The molecule has 1 heterocycles. The number of aromatic nitrogens is 2. The van der Waals surface area contributed by atoms with Gasteiger partial charge >= 0.3 is 0 Å². The Morgan fingerprint density at radius 1 is 1.19 bits per heavy atom. The minimum atomic E-state index is -0.631. The van der Waals surface area contributed by atoms with Gasteiger partial charge in [-0.2, -0.15) is 5.10 Å². The smallest absolute Gasteiger partial charge is 0.283 e. The maximum atomic E-state index is 12.6. The molecule has 7 nitrogen and oxygen atoms in total. The van der Waals surface area contributed by atoms with Gasteiger partial charge in [0.25, 0.3) is 11.6 Å². The van der Waals surface area contributed by atoms with Crippen LogP contribution in [-0.4, -0.2) is 20.6 Å². The highest BCUT2D eigenvalue weighted by Gasteiger charge is 2.23. The molecule has 1 N–H and O–H groups in total. The van der Waals surface area contributed by atoms with E-state index < -0.39 is 10.8 Å². The van der Waals surface area contributed by atoms with Crippen LogP contribution in [0.1, 0.15) is 21.7 Å². The number of amides is 1. The summed E-state index contributed by atoms with van der Waals surface area (Å²) < 4.78 is 1.71. The lowest BCUT2D eigenvalue weighted by Gasteiger charge is -2.08. The molecule has 0 aliphatic heterocycles. The SMILES string of the molecule is Cc1nn(-c2ccccc2)c(C)c1NC(=O)c1ccc(Cl)cc1[N+](=O)[O-]. The minimum absolute atomic E-state index is 0.0642. The van der Waals surface area contributed by atoms with E-state index in [1.165, 1.54) is 12.1 Å². The van der Waals surface area contributed by atoms with Gasteiger partial charge in [0.2, 0.25) is 0 Å². The first-order chi connectivity index (χ1) is 12.4. The van der Waals surface area contributed by atoms with E-state index in [1.807, 2.05) is 37.3 Å². The number of hydrogen-bond acceptors (Lipinski definition) is 4. The van der Waals surface area contributed by atoms with E-state index in [1.54, 1.807) is 11.6 Å². The molecule has 8 heteroatoms. The van der Waals surface area contributed by atoms with Gasteiger partial charge in [0.15, 0.2) is 0 Å². The number of nitro benzene ring substituents is 1. The number of anilines is 1. The van der Waals surface area contributed by atoms with Crippen molar-refractivity contribution in [2.45, 2.75) is 13.8 Å². The third-order valence-corrected chi connectivity index (χ3v) is 4.17. The second kappa shape index (κ2) is 6.97. The number of aryl methyl sites for hydroxylation is 1. The van der Waals surface area contributed by atoms with Crippen molar-refractivity contribution in [2.75, 3.05) is 5.32 Å². The van der Waals surface area contributed by atoms with Crippen molar-refractivity contribution >= 4 is 28.9 Å². The Hall–Kier alpha value is -3.19. The van der Waals surface area contributed by atoms with Crippen LogP contribution in [0, 0.1) is 24.0 Å². The Balaban J connectivity index is 1.97. The third kappa shape index (κ3) is 3.29. The van der Waals surface area contributed by atoms with E-state index in [2.05, 4.69) is 10.4 Å². The summed E-state index contributed by atoms with van der Waals surface area (Å²) >= 11 is 5.80. The van der Waals surface area contributed by atoms with Crippen molar-refractivity contribution in [3.8, 4) is 5.69 Å². The van der Waals surface area contributed by atoms with Gasteiger partial charge in [0.1, 0.15) is 5.56 Å². The maximum Gasteiger partial charge on any atom is 0.283 e. The van der Waals surface area contributed by atoms with Gasteiger partial charge in [-0.05, 0) is 38.1 Å². The van der Waals surface area contributed by atoms with Crippen LogP contribution in [0.2, 0.25) is 5.02 Å². The molecule has 0 bridgehead atoms. The standard InChI is InChI=1S/C18H15ClN4O3/c1-11-17(12(2)22(21-11)14-6-4-3-5-7-14)20-18(24)15-9-8-13(19)10-16(15)23(25)26/h3-10H,1-2H3,(H,20,24). The number of nitrogens with zero attached hydrogens (tertiary/aromatic N) is 3. The molecule has 2 aromatic carbocycles. The topological polar surface area (TPSA) is 90.1 Å². The van der Waals surface area contributed by atoms with E-state index in [0.29, 0.717) is 11.4 Å². The molecule has 0 unspecified atom stereocenters. The highest BCUT2D eigenvalue weighted by molar-refractivity contribution is 6.31. The number of nitrogens with one attached hydrogen (secondary N) is 1. The van der Waals surface area contributed by atoms with Crippen molar-refractivity contribution in [2.24, 2.45) is 0 Å². The van der Waals surface area contributed by atoms with Gasteiger partial charge < -0.3 is 5.32 Å². The van der Waals surface area contributed by atoms with Crippen molar-refractivity contribution in [3.63, 3.8) is 0 Å². The van der Waals surface area contributed by atoms with Gasteiger partial charge in [-0.1, -0.05) is 29.8 Å². The van der Waals surface area contributed by atoms with Crippen LogP contribution < -0.4 is 5.32 Å². The molecule has 0 radical (unpaired) electrons. The fraction of sp³-hybridized carbons (Fsp3) is 0.111. The predicted molar refractivity (Wildman–Crippen MR) is 99.1 cm³/mol. The first-order valence-electron chi connectivity index (χ1n) is 7.75. The van der Waals surface area contributed by atoms with E-state index in [9.17, 15) is 14.9 Å². The summed E-state index contributed by atoms with van der Waals surface area (Å²) in [5.74, 6) is -0.591. The highest BCUT2D eigenvalue weighted by Crippen LogP contribution is 2.27. The first kappa shape index (κ1) is 17.6.